The second-order valence-corrected chi connectivity index (χ2v) is 4.54. The molecule has 0 aliphatic heterocycles. The summed E-state index contributed by atoms with van der Waals surface area (Å²) < 4.78 is 0. The van der Waals surface area contributed by atoms with Crippen molar-refractivity contribution >= 4 is 0 Å². The van der Waals surface area contributed by atoms with Crippen molar-refractivity contribution in [3.05, 3.63) is 12.2 Å². The zero-order valence-corrected chi connectivity index (χ0v) is 7.07. The molecule has 0 aromatic heterocycles. The Kier molecular flexibility index (Phi) is 0.962. The summed E-state index contributed by atoms with van der Waals surface area (Å²) in [5.74, 6) is 0.748. The quantitative estimate of drug-likeness (QED) is 0.479. The van der Waals surface area contributed by atoms with E-state index in [4.69, 9.17) is 0 Å². The molecule has 55 valence electrons. The molecule has 0 aromatic carbocycles. The zero-order valence-electron chi connectivity index (χ0n) is 7.07. The van der Waals surface area contributed by atoms with Gasteiger partial charge in [0.05, 0.1) is 0 Å². The first-order valence-corrected chi connectivity index (χ1v) is 4.17. The van der Waals surface area contributed by atoms with Gasteiger partial charge in [0.15, 0.2) is 0 Å². The van der Waals surface area contributed by atoms with Gasteiger partial charge in [0, 0.05) is 0 Å². The van der Waals surface area contributed by atoms with Crippen molar-refractivity contribution < 1.29 is 0 Å². The van der Waals surface area contributed by atoms with E-state index in [0.717, 1.165) is 5.92 Å². The molecular formula is C10H15. The molecule has 0 nitrogen and oxygen atoms in total. The Hall–Kier alpha value is -0.260. The van der Waals surface area contributed by atoms with Gasteiger partial charge in [-0.3, -0.25) is 0 Å². The van der Waals surface area contributed by atoms with Gasteiger partial charge in [0.1, 0.15) is 0 Å². The summed E-state index contributed by atoms with van der Waals surface area (Å²) in [6, 6.07) is 0. The van der Waals surface area contributed by atoms with Crippen LogP contribution in [0.4, 0.5) is 0 Å². The van der Waals surface area contributed by atoms with Gasteiger partial charge in [0.25, 0.3) is 0 Å². The van der Waals surface area contributed by atoms with Crippen molar-refractivity contribution in [2.45, 2.75) is 33.6 Å². The predicted octanol–water partition coefficient (Wildman–Crippen LogP) is 2.80. The standard InChI is InChI=1S/C10H15/c1-9(2)8-4-6-10(9,3)7-5-8/h7-8H,4,6H2,1-3H3/t8-,10-/m1/s1. The normalized spacial score (nSPS) is 48.5. The molecule has 2 bridgehead atoms. The van der Waals surface area contributed by atoms with Crippen LogP contribution in [0.25, 0.3) is 0 Å². The number of hydrogen-bond acceptors (Lipinski definition) is 0. The second-order valence-electron chi connectivity index (χ2n) is 4.54. The van der Waals surface area contributed by atoms with Crippen LogP contribution in [0.3, 0.4) is 0 Å². The highest BCUT2D eigenvalue weighted by Crippen LogP contribution is 2.60. The fourth-order valence-corrected chi connectivity index (χ4v) is 2.36. The highest BCUT2D eigenvalue weighted by Gasteiger charge is 2.52. The van der Waals surface area contributed by atoms with Crippen molar-refractivity contribution in [1.82, 2.24) is 0 Å². The van der Waals surface area contributed by atoms with Gasteiger partial charge in [-0.2, -0.15) is 0 Å². The smallest absolute Gasteiger partial charge is 0.00833 e. The SMILES string of the molecule is CC1(C)[C@H]2[C]=C[C@@]1(C)CC2. The number of allylic oxidation sites excluding steroid dienone is 2. The number of rotatable bonds is 0. The van der Waals surface area contributed by atoms with Crippen molar-refractivity contribution in [2.75, 3.05) is 0 Å². The topological polar surface area (TPSA) is 0 Å². The van der Waals surface area contributed by atoms with E-state index in [1.807, 2.05) is 0 Å². The first-order valence-electron chi connectivity index (χ1n) is 4.17. The van der Waals surface area contributed by atoms with Gasteiger partial charge in [-0.25, -0.2) is 0 Å². The molecule has 0 amide bonds. The average molecular weight is 135 g/mol. The fraction of sp³-hybridized carbons (Fsp3) is 0.800. The van der Waals surface area contributed by atoms with Crippen LogP contribution in [0.5, 0.6) is 0 Å². The van der Waals surface area contributed by atoms with E-state index in [2.05, 4.69) is 32.9 Å². The lowest BCUT2D eigenvalue weighted by molar-refractivity contribution is 0.180. The maximum absolute atomic E-state index is 3.46. The van der Waals surface area contributed by atoms with E-state index in [-0.39, 0.29) is 0 Å². The number of hydrogen-bond donors (Lipinski definition) is 0. The van der Waals surface area contributed by atoms with Gasteiger partial charge in [-0.1, -0.05) is 26.8 Å². The second kappa shape index (κ2) is 1.49. The van der Waals surface area contributed by atoms with Gasteiger partial charge >= 0.3 is 0 Å². The molecule has 0 aromatic rings. The third-order valence-electron chi connectivity index (χ3n) is 3.90. The van der Waals surface area contributed by atoms with E-state index in [9.17, 15) is 0 Å². The first-order chi connectivity index (χ1) is 4.56. The van der Waals surface area contributed by atoms with Crippen LogP contribution in [-0.4, -0.2) is 0 Å². The summed E-state index contributed by atoms with van der Waals surface area (Å²) in [5.41, 5.74) is 0.963. The van der Waals surface area contributed by atoms with Gasteiger partial charge in [0.2, 0.25) is 0 Å². The lowest BCUT2D eigenvalue weighted by atomic mass is 9.71. The van der Waals surface area contributed by atoms with Gasteiger partial charge in [-0.05, 0) is 35.7 Å². The lowest BCUT2D eigenvalue weighted by Gasteiger charge is -2.33. The largest absolute Gasteiger partial charge is 0.0742 e. The Morgan fingerprint density at radius 2 is 2.10 bits per heavy atom. The van der Waals surface area contributed by atoms with Crippen molar-refractivity contribution in [3.63, 3.8) is 0 Å². The van der Waals surface area contributed by atoms with Crippen LogP contribution in [-0.2, 0) is 0 Å². The highest BCUT2D eigenvalue weighted by molar-refractivity contribution is 5.18. The van der Waals surface area contributed by atoms with E-state index >= 15 is 0 Å². The van der Waals surface area contributed by atoms with Crippen LogP contribution in [0.15, 0.2) is 6.08 Å². The van der Waals surface area contributed by atoms with E-state index < -0.39 is 0 Å². The molecule has 2 aliphatic carbocycles. The van der Waals surface area contributed by atoms with Crippen LogP contribution in [0, 0.1) is 22.8 Å². The third-order valence-corrected chi connectivity index (χ3v) is 3.90. The van der Waals surface area contributed by atoms with Gasteiger partial charge in [-0.15, -0.1) is 0 Å². The summed E-state index contributed by atoms with van der Waals surface area (Å²) in [5, 5.41) is 0. The molecule has 0 heterocycles. The summed E-state index contributed by atoms with van der Waals surface area (Å²) in [6.45, 7) is 7.12. The van der Waals surface area contributed by atoms with Crippen molar-refractivity contribution in [2.24, 2.45) is 16.7 Å². The summed E-state index contributed by atoms with van der Waals surface area (Å²) in [7, 11) is 0. The molecule has 2 atom stereocenters. The minimum Gasteiger partial charge on any atom is -0.0742 e. The Morgan fingerprint density at radius 1 is 1.40 bits per heavy atom. The van der Waals surface area contributed by atoms with Crippen LogP contribution < -0.4 is 0 Å². The average Bonchev–Trinajstić information content (AvgIpc) is 2.18. The summed E-state index contributed by atoms with van der Waals surface area (Å²) in [6.07, 6.45) is 8.50. The summed E-state index contributed by atoms with van der Waals surface area (Å²) in [4.78, 5) is 0. The van der Waals surface area contributed by atoms with Crippen LogP contribution in [0.2, 0.25) is 0 Å². The Balaban J connectivity index is 2.45. The monoisotopic (exact) mass is 135 g/mol. The number of fused-ring (bicyclic) bond motifs is 2. The van der Waals surface area contributed by atoms with Crippen molar-refractivity contribution in [3.8, 4) is 0 Å². The van der Waals surface area contributed by atoms with Gasteiger partial charge < -0.3 is 0 Å². The fourth-order valence-electron chi connectivity index (χ4n) is 2.36. The summed E-state index contributed by atoms with van der Waals surface area (Å²) >= 11 is 0. The molecule has 0 unspecified atom stereocenters. The molecule has 0 N–H and O–H groups in total. The van der Waals surface area contributed by atoms with E-state index in [1.54, 1.807) is 0 Å². The highest BCUT2D eigenvalue weighted by atomic mass is 14.6. The molecule has 10 heavy (non-hydrogen) atoms. The molecular weight excluding hydrogens is 120 g/mol. The third kappa shape index (κ3) is 0.492. The maximum atomic E-state index is 3.46. The van der Waals surface area contributed by atoms with E-state index in [1.165, 1.54) is 12.8 Å². The maximum Gasteiger partial charge on any atom is -0.00833 e. The minimum atomic E-state index is 0.470. The molecule has 0 heteroatoms. The molecule has 2 rings (SSSR count). The Bertz CT molecular complexity index is 188. The van der Waals surface area contributed by atoms with Crippen LogP contribution >= 0.6 is 0 Å². The zero-order chi connectivity index (χ0) is 7.41. The van der Waals surface area contributed by atoms with E-state index in [0.29, 0.717) is 10.8 Å². The molecule has 1 saturated carbocycles. The van der Waals surface area contributed by atoms with Crippen molar-refractivity contribution in [1.29, 1.82) is 0 Å². The van der Waals surface area contributed by atoms with Crippen LogP contribution in [0.1, 0.15) is 33.6 Å². The first kappa shape index (κ1) is 6.45. The lowest BCUT2D eigenvalue weighted by Crippen LogP contribution is -2.27. The Labute approximate surface area is 63.3 Å². The molecule has 1 radical (unpaired) electrons. The predicted molar refractivity (Wildman–Crippen MR) is 42.4 cm³/mol. The Morgan fingerprint density at radius 3 is 2.20 bits per heavy atom. The molecule has 0 saturated heterocycles. The molecule has 2 aliphatic rings. The minimum absolute atomic E-state index is 0.470. The molecule has 0 spiro atoms. The molecule has 1 fully saturated rings.